The van der Waals surface area contributed by atoms with E-state index >= 15 is 0 Å². The van der Waals surface area contributed by atoms with Crippen molar-refractivity contribution in [3.63, 3.8) is 0 Å². The van der Waals surface area contributed by atoms with E-state index in [0.717, 1.165) is 12.0 Å². The second kappa shape index (κ2) is 9.93. The first-order valence-corrected chi connectivity index (χ1v) is 9.00. The quantitative estimate of drug-likeness (QED) is 0.575. The Morgan fingerprint density at radius 2 is 1.41 bits per heavy atom. The Hall–Kier alpha value is -2.60. The molecule has 27 heavy (non-hydrogen) atoms. The predicted molar refractivity (Wildman–Crippen MR) is 107 cm³/mol. The average Bonchev–Trinajstić information content (AvgIpc) is 2.70. The summed E-state index contributed by atoms with van der Waals surface area (Å²) in [4.78, 5) is 0. The van der Waals surface area contributed by atoms with Crippen molar-refractivity contribution in [3.8, 4) is 5.75 Å². The summed E-state index contributed by atoms with van der Waals surface area (Å²) in [5.74, 6) is 0.689. The van der Waals surface area contributed by atoms with Crippen LogP contribution in [0.5, 0.6) is 5.75 Å². The van der Waals surface area contributed by atoms with Crippen molar-refractivity contribution >= 4 is 12.6 Å². The predicted octanol–water partition coefficient (Wildman–Crippen LogP) is 2.70. The van der Waals surface area contributed by atoms with E-state index in [1.54, 1.807) is 12.1 Å². The fourth-order valence-electron chi connectivity index (χ4n) is 2.83. The minimum absolute atomic E-state index is 0.276. The average molecular weight is 362 g/mol. The van der Waals surface area contributed by atoms with Gasteiger partial charge >= 0.3 is 7.12 Å². The fraction of sp³-hybridized carbons (Fsp3) is 0.182. The highest BCUT2D eigenvalue weighted by atomic mass is 16.5. The van der Waals surface area contributed by atoms with E-state index in [9.17, 15) is 10.0 Å². The van der Waals surface area contributed by atoms with Crippen LogP contribution in [0.4, 0.5) is 0 Å². The number of hydrogen-bond donors (Lipinski definition) is 2. The molecule has 0 atom stereocenters. The van der Waals surface area contributed by atoms with Crippen LogP contribution in [0.15, 0.2) is 78.9 Å². The van der Waals surface area contributed by atoms with E-state index in [-0.39, 0.29) is 6.61 Å². The number of ether oxygens (including phenoxy) is 2. The minimum atomic E-state index is -1.54. The van der Waals surface area contributed by atoms with E-state index in [4.69, 9.17) is 9.47 Å². The number of hydrogen-bond acceptors (Lipinski definition) is 4. The van der Waals surface area contributed by atoms with Crippen LogP contribution >= 0.6 is 0 Å². The van der Waals surface area contributed by atoms with Crippen molar-refractivity contribution in [3.05, 3.63) is 95.6 Å². The zero-order valence-electron chi connectivity index (χ0n) is 15.1. The van der Waals surface area contributed by atoms with E-state index in [0.29, 0.717) is 30.0 Å². The molecule has 5 heteroatoms. The molecule has 4 nitrogen and oxygen atoms in total. The maximum atomic E-state index is 9.60. The van der Waals surface area contributed by atoms with Gasteiger partial charge in [-0.25, -0.2) is 0 Å². The van der Waals surface area contributed by atoms with Gasteiger partial charge in [0, 0.05) is 6.42 Å². The van der Waals surface area contributed by atoms with Gasteiger partial charge in [-0.15, -0.1) is 0 Å². The van der Waals surface area contributed by atoms with Crippen LogP contribution in [-0.2, 0) is 24.4 Å². The van der Waals surface area contributed by atoms with Crippen molar-refractivity contribution in [2.45, 2.75) is 19.6 Å². The first-order valence-electron chi connectivity index (χ1n) is 9.00. The van der Waals surface area contributed by atoms with Gasteiger partial charge in [0.15, 0.2) is 0 Å². The molecule has 3 rings (SSSR count). The van der Waals surface area contributed by atoms with Gasteiger partial charge in [0.2, 0.25) is 0 Å². The molecule has 0 radical (unpaired) electrons. The number of benzene rings is 3. The second-order valence-corrected chi connectivity index (χ2v) is 6.30. The van der Waals surface area contributed by atoms with Crippen molar-refractivity contribution in [2.24, 2.45) is 0 Å². The van der Waals surface area contributed by atoms with Crippen LogP contribution in [0.2, 0.25) is 0 Å². The SMILES string of the molecule is OB(O)c1ccc(OCCc2ccccc2)cc1COCc1ccccc1. The molecule has 0 saturated heterocycles. The highest BCUT2D eigenvalue weighted by molar-refractivity contribution is 6.59. The Bertz CT molecular complexity index is 822. The third kappa shape index (κ3) is 5.96. The zero-order valence-corrected chi connectivity index (χ0v) is 15.1. The topological polar surface area (TPSA) is 58.9 Å². The van der Waals surface area contributed by atoms with Crippen LogP contribution in [0, 0.1) is 0 Å². The largest absolute Gasteiger partial charge is 0.493 e. The van der Waals surface area contributed by atoms with Crippen LogP contribution in [0.3, 0.4) is 0 Å². The standard InChI is InChI=1S/C22H23BO4/c24-23(25)22-12-11-21(27-14-13-18-7-3-1-4-8-18)15-20(22)17-26-16-19-9-5-2-6-10-19/h1-12,15,24-25H,13-14,16-17H2. The van der Waals surface area contributed by atoms with Gasteiger partial charge in [-0.2, -0.15) is 0 Å². The molecule has 0 bridgehead atoms. The summed E-state index contributed by atoms with van der Waals surface area (Å²) in [6.45, 7) is 1.29. The maximum absolute atomic E-state index is 9.60. The van der Waals surface area contributed by atoms with Crippen molar-refractivity contribution in [1.82, 2.24) is 0 Å². The van der Waals surface area contributed by atoms with Crippen LogP contribution < -0.4 is 10.2 Å². The molecule has 0 spiro atoms. The third-order valence-corrected chi connectivity index (χ3v) is 4.26. The summed E-state index contributed by atoms with van der Waals surface area (Å²) in [6, 6.07) is 25.2. The summed E-state index contributed by atoms with van der Waals surface area (Å²) in [5, 5.41) is 19.2. The Morgan fingerprint density at radius 1 is 0.741 bits per heavy atom. The molecule has 0 amide bonds. The van der Waals surface area contributed by atoms with Gasteiger partial charge < -0.3 is 19.5 Å². The molecule has 3 aromatic rings. The molecule has 2 N–H and O–H groups in total. The minimum Gasteiger partial charge on any atom is -0.493 e. The molecule has 0 unspecified atom stereocenters. The highest BCUT2D eigenvalue weighted by Crippen LogP contribution is 2.15. The first-order chi connectivity index (χ1) is 13.2. The molecular weight excluding hydrogens is 339 g/mol. The first kappa shape index (κ1) is 19.2. The van der Waals surface area contributed by atoms with E-state index in [1.807, 2.05) is 54.6 Å². The second-order valence-electron chi connectivity index (χ2n) is 6.30. The van der Waals surface area contributed by atoms with Gasteiger partial charge in [-0.3, -0.25) is 0 Å². The Balaban J connectivity index is 1.59. The van der Waals surface area contributed by atoms with Crippen LogP contribution in [0.1, 0.15) is 16.7 Å². The Morgan fingerprint density at radius 3 is 2.07 bits per heavy atom. The summed E-state index contributed by atoms with van der Waals surface area (Å²) in [7, 11) is -1.54. The Kier molecular flexibility index (Phi) is 7.05. The van der Waals surface area contributed by atoms with Crippen LogP contribution in [0.25, 0.3) is 0 Å². The van der Waals surface area contributed by atoms with Gasteiger partial charge in [-0.05, 0) is 34.3 Å². The lowest BCUT2D eigenvalue weighted by atomic mass is 9.77. The summed E-state index contributed by atoms with van der Waals surface area (Å²) < 4.78 is 11.6. The number of rotatable bonds is 9. The molecule has 3 aromatic carbocycles. The lowest BCUT2D eigenvalue weighted by Crippen LogP contribution is -2.33. The zero-order chi connectivity index (χ0) is 18.9. The van der Waals surface area contributed by atoms with E-state index in [2.05, 4.69) is 12.1 Å². The van der Waals surface area contributed by atoms with Gasteiger partial charge in [0.25, 0.3) is 0 Å². The molecule has 0 aliphatic heterocycles. The summed E-state index contributed by atoms with van der Waals surface area (Å²) in [5.41, 5.74) is 3.42. The van der Waals surface area contributed by atoms with Crippen molar-refractivity contribution in [2.75, 3.05) is 6.61 Å². The van der Waals surface area contributed by atoms with Gasteiger partial charge in [0.05, 0.1) is 19.8 Å². The van der Waals surface area contributed by atoms with Crippen molar-refractivity contribution < 1.29 is 19.5 Å². The van der Waals surface area contributed by atoms with Gasteiger partial charge in [0.1, 0.15) is 5.75 Å². The summed E-state index contributed by atoms with van der Waals surface area (Å²) >= 11 is 0. The molecule has 0 aliphatic carbocycles. The van der Waals surface area contributed by atoms with Gasteiger partial charge in [-0.1, -0.05) is 66.7 Å². The van der Waals surface area contributed by atoms with E-state index in [1.165, 1.54) is 5.56 Å². The fourth-order valence-corrected chi connectivity index (χ4v) is 2.83. The van der Waals surface area contributed by atoms with Crippen molar-refractivity contribution in [1.29, 1.82) is 0 Å². The smallest absolute Gasteiger partial charge is 0.488 e. The molecular formula is C22H23BO4. The molecule has 0 saturated carbocycles. The summed E-state index contributed by atoms with van der Waals surface area (Å²) in [6.07, 6.45) is 0.811. The molecule has 0 fully saturated rings. The molecule has 0 aliphatic rings. The highest BCUT2D eigenvalue weighted by Gasteiger charge is 2.17. The Labute approximate surface area is 160 Å². The third-order valence-electron chi connectivity index (χ3n) is 4.26. The maximum Gasteiger partial charge on any atom is 0.488 e. The monoisotopic (exact) mass is 362 g/mol. The molecule has 138 valence electrons. The molecule has 0 aromatic heterocycles. The van der Waals surface area contributed by atoms with Crippen LogP contribution in [-0.4, -0.2) is 23.8 Å². The molecule has 0 heterocycles. The van der Waals surface area contributed by atoms with E-state index < -0.39 is 7.12 Å². The lowest BCUT2D eigenvalue weighted by Gasteiger charge is -2.13. The lowest BCUT2D eigenvalue weighted by molar-refractivity contribution is 0.107. The normalized spacial score (nSPS) is 10.6.